The highest BCUT2D eigenvalue weighted by atomic mass is 16.7. The van der Waals surface area contributed by atoms with Gasteiger partial charge in [-0.2, -0.15) is 0 Å². The van der Waals surface area contributed by atoms with Crippen molar-refractivity contribution in [2.75, 3.05) is 6.61 Å². The van der Waals surface area contributed by atoms with Crippen molar-refractivity contribution in [3.05, 3.63) is 53.6 Å². The van der Waals surface area contributed by atoms with Crippen molar-refractivity contribution in [3.63, 3.8) is 0 Å². The summed E-state index contributed by atoms with van der Waals surface area (Å²) in [4.78, 5) is 22.7. The molecule has 3 rings (SSSR count). The monoisotopic (exact) mass is 506 g/mol. The molecule has 2 aromatic rings. The van der Waals surface area contributed by atoms with Gasteiger partial charge in [-0.05, 0) is 47.9 Å². The van der Waals surface area contributed by atoms with Crippen LogP contribution in [0.1, 0.15) is 17.5 Å². The van der Waals surface area contributed by atoms with Crippen LogP contribution in [0.3, 0.4) is 0 Å². The largest absolute Gasteiger partial charge is 0.504 e. The molecule has 1 aliphatic rings. The van der Waals surface area contributed by atoms with E-state index in [-0.39, 0.29) is 35.8 Å². The Morgan fingerprint density at radius 2 is 1.67 bits per heavy atom. The lowest BCUT2D eigenvalue weighted by molar-refractivity contribution is -0.278. The van der Waals surface area contributed by atoms with E-state index >= 15 is 0 Å². The van der Waals surface area contributed by atoms with Gasteiger partial charge in [0.15, 0.2) is 23.0 Å². The van der Waals surface area contributed by atoms with E-state index in [9.17, 15) is 40.2 Å². The number of hydrogen-bond acceptors (Lipinski definition) is 11. The predicted molar refractivity (Wildman–Crippen MR) is 121 cm³/mol. The van der Waals surface area contributed by atoms with E-state index in [2.05, 4.69) is 0 Å². The van der Waals surface area contributed by atoms with Gasteiger partial charge in [0.05, 0.1) is 0 Å². The van der Waals surface area contributed by atoms with Crippen molar-refractivity contribution < 1.29 is 59.5 Å². The summed E-state index contributed by atoms with van der Waals surface area (Å²) in [5.74, 6) is -3.02. The summed E-state index contributed by atoms with van der Waals surface area (Å²) in [5, 5.41) is 68.4. The fourth-order valence-corrected chi connectivity index (χ4v) is 3.37. The van der Waals surface area contributed by atoms with Crippen LogP contribution in [0.2, 0.25) is 0 Å². The number of phenols is 3. The first-order valence-corrected chi connectivity index (χ1v) is 10.8. The number of benzene rings is 2. The number of aryl methyl sites for hydroxylation is 1. The van der Waals surface area contributed by atoms with E-state index in [4.69, 9.17) is 19.3 Å². The number of aromatic hydroxyl groups is 3. The molecule has 0 aromatic heterocycles. The number of aliphatic carboxylic acids is 1. The SMILES string of the molecule is O=C(O)CCc1ccc(O[C@@H]2O[C@H](COC(=O)C=Cc3ccc(O)c(O)c3)[C@@H](O)[C@H](O)[C@H]2O)c(O)c1. The first kappa shape index (κ1) is 26.8. The maximum Gasteiger partial charge on any atom is 0.330 e. The summed E-state index contributed by atoms with van der Waals surface area (Å²) in [6, 6.07) is 8.04. The minimum atomic E-state index is -1.72. The molecule has 7 N–H and O–H groups in total. The molecule has 0 radical (unpaired) electrons. The molecule has 194 valence electrons. The molecule has 36 heavy (non-hydrogen) atoms. The summed E-state index contributed by atoms with van der Waals surface area (Å²) in [6.07, 6.45) is -5.51. The van der Waals surface area contributed by atoms with Crippen molar-refractivity contribution in [2.24, 2.45) is 0 Å². The molecule has 0 saturated carbocycles. The van der Waals surface area contributed by atoms with Crippen LogP contribution in [0.5, 0.6) is 23.0 Å². The van der Waals surface area contributed by atoms with Gasteiger partial charge in [0, 0.05) is 12.5 Å². The van der Waals surface area contributed by atoms with E-state index < -0.39 is 49.3 Å². The predicted octanol–water partition coefficient (Wildman–Crippen LogP) is 0.264. The van der Waals surface area contributed by atoms with Crippen LogP contribution in [0.25, 0.3) is 6.08 Å². The zero-order valence-corrected chi connectivity index (χ0v) is 18.8. The highest BCUT2D eigenvalue weighted by Crippen LogP contribution is 2.31. The number of carboxylic acids is 1. The number of rotatable bonds is 9. The summed E-state index contributed by atoms with van der Waals surface area (Å²) >= 11 is 0. The van der Waals surface area contributed by atoms with Crippen molar-refractivity contribution in [1.82, 2.24) is 0 Å². The minimum Gasteiger partial charge on any atom is -0.504 e. The molecule has 1 saturated heterocycles. The molecule has 0 amide bonds. The van der Waals surface area contributed by atoms with E-state index in [1.165, 1.54) is 42.5 Å². The highest BCUT2D eigenvalue weighted by molar-refractivity contribution is 5.87. The Labute approximate surface area is 204 Å². The number of hydrogen-bond donors (Lipinski definition) is 7. The van der Waals surface area contributed by atoms with Gasteiger partial charge in [-0.1, -0.05) is 12.1 Å². The summed E-state index contributed by atoms with van der Waals surface area (Å²) in [5.41, 5.74) is 0.931. The number of aliphatic hydroxyl groups excluding tert-OH is 3. The number of esters is 1. The lowest BCUT2D eigenvalue weighted by atomic mass is 9.99. The average molecular weight is 506 g/mol. The Balaban J connectivity index is 1.60. The molecule has 12 nitrogen and oxygen atoms in total. The molecular formula is C24H26O12. The van der Waals surface area contributed by atoms with Gasteiger partial charge in [0.1, 0.15) is 31.0 Å². The minimum absolute atomic E-state index is 0.127. The third-order valence-corrected chi connectivity index (χ3v) is 5.36. The summed E-state index contributed by atoms with van der Waals surface area (Å²) < 4.78 is 15.9. The van der Waals surface area contributed by atoms with Gasteiger partial charge >= 0.3 is 11.9 Å². The van der Waals surface area contributed by atoms with Crippen LogP contribution in [0.15, 0.2) is 42.5 Å². The average Bonchev–Trinajstić information content (AvgIpc) is 2.84. The Morgan fingerprint density at radius 1 is 0.917 bits per heavy atom. The van der Waals surface area contributed by atoms with Crippen molar-refractivity contribution >= 4 is 18.0 Å². The molecule has 2 aromatic carbocycles. The van der Waals surface area contributed by atoms with Gasteiger partial charge in [-0.25, -0.2) is 4.79 Å². The third-order valence-electron chi connectivity index (χ3n) is 5.36. The maximum absolute atomic E-state index is 12.0. The zero-order chi connectivity index (χ0) is 26.4. The van der Waals surface area contributed by atoms with Crippen LogP contribution in [0, 0.1) is 0 Å². The fraction of sp³-hybridized carbons (Fsp3) is 0.333. The molecule has 0 unspecified atom stereocenters. The van der Waals surface area contributed by atoms with E-state index in [0.717, 1.165) is 6.08 Å². The standard InChI is InChI=1S/C24H26O12/c25-14-5-1-12(9-15(14)26)4-8-20(30)34-11-18-21(31)22(32)23(33)24(36-18)35-17-6-2-13(10-16(17)27)3-7-19(28)29/h1-2,4-6,8-10,18,21-27,31-33H,3,7,11H2,(H,28,29)/t18-,21-,22+,23-,24-/m1/s1. The normalized spacial score (nSPS) is 23.9. The molecule has 1 fully saturated rings. The van der Waals surface area contributed by atoms with E-state index in [1.807, 2.05) is 0 Å². The van der Waals surface area contributed by atoms with Crippen LogP contribution < -0.4 is 4.74 Å². The Hall–Kier alpha value is -3.84. The van der Waals surface area contributed by atoms with Gasteiger partial charge in [-0.3, -0.25) is 4.79 Å². The van der Waals surface area contributed by atoms with E-state index in [1.54, 1.807) is 0 Å². The number of carbonyl (C=O) groups excluding carboxylic acids is 1. The van der Waals surface area contributed by atoms with Gasteiger partial charge in [0.2, 0.25) is 6.29 Å². The first-order chi connectivity index (χ1) is 17.0. The van der Waals surface area contributed by atoms with E-state index in [0.29, 0.717) is 11.1 Å². The second-order valence-corrected chi connectivity index (χ2v) is 8.04. The summed E-state index contributed by atoms with van der Waals surface area (Å²) in [7, 11) is 0. The van der Waals surface area contributed by atoms with Crippen LogP contribution in [-0.2, 0) is 25.5 Å². The lowest BCUT2D eigenvalue weighted by Crippen LogP contribution is -2.60. The zero-order valence-electron chi connectivity index (χ0n) is 18.8. The van der Waals surface area contributed by atoms with Gasteiger partial charge in [-0.15, -0.1) is 0 Å². The highest BCUT2D eigenvalue weighted by Gasteiger charge is 2.45. The summed E-state index contributed by atoms with van der Waals surface area (Å²) in [6.45, 7) is -0.519. The fourth-order valence-electron chi connectivity index (χ4n) is 3.37. The van der Waals surface area contributed by atoms with Gasteiger partial charge in [0.25, 0.3) is 0 Å². The lowest BCUT2D eigenvalue weighted by Gasteiger charge is -2.39. The molecule has 0 spiro atoms. The van der Waals surface area contributed by atoms with Crippen molar-refractivity contribution in [1.29, 1.82) is 0 Å². The Morgan fingerprint density at radius 3 is 2.33 bits per heavy atom. The topological polar surface area (TPSA) is 203 Å². The van der Waals surface area contributed by atoms with Crippen molar-refractivity contribution in [2.45, 2.75) is 43.5 Å². The second-order valence-electron chi connectivity index (χ2n) is 8.04. The molecular weight excluding hydrogens is 480 g/mol. The maximum atomic E-state index is 12.0. The molecule has 1 heterocycles. The first-order valence-electron chi connectivity index (χ1n) is 10.8. The van der Waals surface area contributed by atoms with Crippen LogP contribution in [0.4, 0.5) is 0 Å². The molecule has 1 aliphatic heterocycles. The van der Waals surface area contributed by atoms with Crippen LogP contribution >= 0.6 is 0 Å². The molecule has 0 aliphatic carbocycles. The van der Waals surface area contributed by atoms with Crippen LogP contribution in [-0.4, -0.2) is 85.0 Å². The number of carboxylic acid groups (broad SMARTS) is 1. The third kappa shape index (κ3) is 6.86. The smallest absolute Gasteiger partial charge is 0.330 e. The van der Waals surface area contributed by atoms with Crippen molar-refractivity contribution in [3.8, 4) is 23.0 Å². The number of phenolic OH excluding ortho intramolecular Hbond substituents is 3. The molecule has 5 atom stereocenters. The number of carbonyl (C=O) groups is 2. The number of aliphatic hydroxyl groups is 3. The second kappa shape index (κ2) is 11.7. The molecule has 12 heteroatoms. The Kier molecular flexibility index (Phi) is 8.72. The Bertz CT molecular complexity index is 1110. The molecule has 0 bridgehead atoms. The quantitative estimate of drug-likeness (QED) is 0.139. The van der Waals surface area contributed by atoms with Gasteiger partial charge < -0.3 is 50.0 Å². The number of ether oxygens (including phenoxy) is 3.